The Bertz CT molecular complexity index is 554. The number of rotatable bonds is 2. The van der Waals surface area contributed by atoms with Gasteiger partial charge in [0.2, 0.25) is 0 Å². The lowest BCUT2D eigenvalue weighted by Gasteiger charge is -2.07. The van der Waals surface area contributed by atoms with Crippen LogP contribution in [0.5, 0.6) is 0 Å². The summed E-state index contributed by atoms with van der Waals surface area (Å²) in [5.41, 5.74) is 0.444. The first-order valence-corrected chi connectivity index (χ1v) is 6.58. The maximum atomic E-state index is 11.8. The van der Waals surface area contributed by atoms with Crippen LogP contribution in [0.3, 0.4) is 0 Å². The van der Waals surface area contributed by atoms with Crippen molar-refractivity contribution in [3.8, 4) is 0 Å². The first kappa shape index (κ1) is 12.7. The number of carbonyl (C=O) groups is 1. The summed E-state index contributed by atoms with van der Waals surface area (Å²) in [7, 11) is 0. The molecule has 0 aliphatic carbocycles. The van der Waals surface area contributed by atoms with Crippen LogP contribution in [0.1, 0.15) is 9.67 Å². The van der Waals surface area contributed by atoms with Crippen LogP contribution >= 0.6 is 46.1 Å². The molecule has 0 atom stereocenters. The van der Waals surface area contributed by atoms with Gasteiger partial charge < -0.3 is 5.32 Å². The fraction of sp³-hybridized carbons (Fsp3) is 0. The van der Waals surface area contributed by atoms with Crippen LogP contribution in [0.15, 0.2) is 29.6 Å². The topological polar surface area (TPSA) is 29.1 Å². The van der Waals surface area contributed by atoms with Crippen LogP contribution in [0.4, 0.5) is 5.69 Å². The van der Waals surface area contributed by atoms with Crippen molar-refractivity contribution in [2.45, 2.75) is 0 Å². The Kier molecular flexibility index (Phi) is 3.94. The highest BCUT2D eigenvalue weighted by molar-refractivity contribution is 7.12. The number of nitrogens with one attached hydrogen (secondary N) is 1. The van der Waals surface area contributed by atoms with Gasteiger partial charge in [-0.15, -0.1) is 11.3 Å². The van der Waals surface area contributed by atoms with Gasteiger partial charge in [-0.3, -0.25) is 4.79 Å². The number of amides is 1. The molecule has 2 aromatic rings. The molecule has 0 spiro atoms. The Hall–Kier alpha value is -0.740. The second-order valence-electron chi connectivity index (χ2n) is 3.18. The highest BCUT2D eigenvalue weighted by Gasteiger charge is 2.11. The number of carbonyl (C=O) groups excluding carboxylic acids is 1. The van der Waals surface area contributed by atoms with Crippen molar-refractivity contribution in [3.63, 3.8) is 0 Å². The summed E-state index contributed by atoms with van der Waals surface area (Å²) in [5.74, 6) is -0.222. The molecule has 1 amide bonds. The summed E-state index contributed by atoms with van der Waals surface area (Å²) in [4.78, 5) is 12.4. The average molecular weight is 307 g/mol. The third-order valence-corrected chi connectivity index (χ3v) is 3.91. The Morgan fingerprint density at radius 2 is 1.82 bits per heavy atom. The van der Waals surface area contributed by atoms with E-state index in [1.54, 1.807) is 12.1 Å². The predicted octanol–water partition coefficient (Wildman–Crippen LogP) is 4.96. The van der Waals surface area contributed by atoms with Gasteiger partial charge in [-0.2, -0.15) is 0 Å². The summed E-state index contributed by atoms with van der Waals surface area (Å²) >= 11 is 19.0. The molecule has 0 radical (unpaired) electrons. The lowest BCUT2D eigenvalue weighted by Crippen LogP contribution is -2.10. The molecule has 6 heteroatoms. The summed E-state index contributed by atoms with van der Waals surface area (Å²) < 4.78 is 0. The molecule has 1 N–H and O–H groups in total. The van der Waals surface area contributed by atoms with Crippen molar-refractivity contribution < 1.29 is 4.79 Å². The molecular formula is C11H6Cl3NOS. The molecular weight excluding hydrogens is 301 g/mol. The number of anilines is 1. The zero-order chi connectivity index (χ0) is 12.4. The van der Waals surface area contributed by atoms with Crippen molar-refractivity contribution in [1.82, 2.24) is 0 Å². The first-order chi connectivity index (χ1) is 8.08. The molecule has 2 nitrogen and oxygen atoms in total. The minimum absolute atomic E-state index is 0.222. The Morgan fingerprint density at radius 3 is 2.47 bits per heavy atom. The summed E-state index contributed by atoms with van der Waals surface area (Å²) in [6.07, 6.45) is 0. The zero-order valence-corrected chi connectivity index (χ0v) is 11.4. The van der Waals surface area contributed by atoms with Crippen molar-refractivity contribution >= 4 is 57.7 Å². The highest BCUT2D eigenvalue weighted by Crippen LogP contribution is 2.32. The Labute approximate surface area is 117 Å². The maximum absolute atomic E-state index is 11.8. The molecule has 1 aromatic carbocycles. The number of benzene rings is 1. The van der Waals surface area contributed by atoms with Crippen molar-refractivity contribution in [1.29, 1.82) is 0 Å². The first-order valence-electron chi connectivity index (χ1n) is 4.57. The molecule has 0 fully saturated rings. The monoisotopic (exact) mass is 305 g/mol. The molecule has 0 unspecified atom stereocenters. The van der Waals surface area contributed by atoms with Crippen LogP contribution in [0.25, 0.3) is 0 Å². The minimum atomic E-state index is -0.222. The van der Waals surface area contributed by atoms with E-state index >= 15 is 0 Å². The van der Waals surface area contributed by atoms with Crippen molar-refractivity contribution in [3.05, 3.63) is 49.6 Å². The number of thiophene rings is 1. The molecule has 1 aromatic heterocycles. The van der Waals surface area contributed by atoms with Crippen LogP contribution in [0, 0.1) is 0 Å². The van der Waals surface area contributed by atoms with Gasteiger partial charge in [0.25, 0.3) is 5.91 Å². The molecule has 88 valence electrons. The third-order valence-electron chi connectivity index (χ3n) is 2.00. The van der Waals surface area contributed by atoms with Crippen molar-refractivity contribution in [2.75, 3.05) is 5.32 Å². The Morgan fingerprint density at radius 1 is 1.12 bits per heavy atom. The minimum Gasteiger partial charge on any atom is -0.320 e. The maximum Gasteiger partial charge on any atom is 0.265 e. The van der Waals surface area contributed by atoms with Crippen molar-refractivity contribution in [2.24, 2.45) is 0 Å². The van der Waals surface area contributed by atoms with E-state index in [-0.39, 0.29) is 5.91 Å². The fourth-order valence-electron chi connectivity index (χ4n) is 1.21. The summed E-state index contributed by atoms with van der Waals surface area (Å²) in [6, 6.07) is 6.55. The van der Waals surface area contributed by atoms with E-state index in [2.05, 4.69) is 5.32 Å². The quantitative estimate of drug-likeness (QED) is 0.781. The van der Waals surface area contributed by atoms with Gasteiger partial charge in [-0.05, 0) is 23.6 Å². The Balaban J connectivity index is 2.25. The normalized spacial score (nSPS) is 10.3. The van der Waals surface area contributed by atoms with E-state index < -0.39 is 0 Å². The SMILES string of the molecule is O=C(Nc1cc(Cl)c(Cl)cc1Cl)c1cccs1. The van der Waals surface area contributed by atoms with Gasteiger partial charge >= 0.3 is 0 Å². The molecule has 0 saturated carbocycles. The predicted molar refractivity (Wildman–Crippen MR) is 73.7 cm³/mol. The van der Waals surface area contributed by atoms with Gasteiger partial charge in [-0.1, -0.05) is 40.9 Å². The van der Waals surface area contributed by atoms with Gasteiger partial charge in [0.1, 0.15) is 0 Å². The lowest BCUT2D eigenvalue weighted by atomic mass is 10.3. The number of hydrogen-bond acceptors (Lipinski definition) is 2. The van der Waals surface area contributed by atoms with Crippen LogP contribution in [0.2, 0.25) is 15.1 Å². The summed E-state index contributed by atoms with van der Waals surface area (Å²) in [5, 5.41) is 5.55. The lowest BCUT2D eigenvalue weighted by molar-refractivity contribution is 0.103. The van der Waals surface area contributed by atoms with Crippen LogP contribution in [-0.4, -0.2) is 5.91 Å². The van der Waals surface area contributed by atoms with Gasteiger partial charge in [0.05, 0.1) is 25.6 Å². The highest BCUT2D eigenvalue weighted by atomic mass is 35.5. The number of halogens is 3. The number of hydrogen-bond donors (Lipinski definition) is 1. The second kappa shape index (κ2) is 5.27. The zero-order valence-electron chi connectivity index (χ0n) is 8.34. The van der Waals surface area contributed by atoms with Gasteiger partial charge in [-0.25, -0.2) is 0 Å². The standard InChI is InChI=1S/C11H6Cl3NOS/c12-6-4-8(14)9(5-7(6)13)15-11(16)10-2-1-3-17-10/h1-5H,(H,15,16). The van der Waals surface area contributed by atoms with Gasteiger partial charge in [0, 0.05) is 0 Å². The summed E-state index contributed by atoms with van der Waals surface area (Å²) in [6.45, 7) is 0. The molecule has 0 aliphatic rings. The van der Waals surface area contributed by atoms with E-state index in [1.165, 1.54) is 23.5 Å². The van der Waals surface area contributed by atoms with E-state index in [9.17, 15) is 4.79 Å². The van der Waals surface area contributed by atoms with Gasteiger partial charge in [0.15, 0.2) is 0 Å². The average Bonchev–Trinajstić information content (AvgIpc) is 2.79. The molecule has 0 aliphatic heterocycles. The third kappa shape index (κ3) is 2.93. The largest absolute Gasteiger partial charge is 0.320 e. The molecule has 2 rings (SSSR count). The molecule has 0 bridgehead atoms. The fourth-order valence-corrected chi connectivity index (χ4v) is 2.42. The second-order valence-corrected chi connectivity index (χ2v) is 5.35. The molecule has 17 heavy (non-hydrogen) atoms. The molecule has 0 saturated heterocycles. The molecule has 1 heterocycles. The van der Waals surface area contributed by atoms with E-state index in [0.717, 1.165) is 0 Å². The smallest absolute Gasteiger partial charge is 0.265 e. The van der Waals surface area contributed by atoms with Crippen LogP contribution in [-0.2, 0) is 0 Å². The van der Waals surface area contributed by atoms with E-state index in [4.69, 9.17) is 34.8 Å². The van der Waals surface area contributed by atoms with Crippen LogP contribution < -0.4 is 5.32 Å². The van der Waals surface area contributed by atoms with E-state index in [1.807, 2.05) is 5.38 Å². The van der Waals surface area contributed by atoms with E-state index in [0.29, 0.717) is 25.6 Å².